The van der Waals surface area contributed by atoms with Gasteiger partial charge in [-0.3, -0.25) is 9.80 Å². The van der Waals surface area contributed by atoms with Crippen molar-refractivity contribution in [2.24, 2.45) is 0 Å². The molecule has 0 saturated carbocycles. The third-order valence-electron chi connectivity index (χ3n) is 4.81. The van der Waals surface area contributed by atoms with Crippen LogP contribution < -0.4 is 9.47 Å². The molecule has 8 nitrogen and oxygen atoms in total. The van der Waals surface area contributed by atoms with Crippen LogP contribution in [0.1, 0.15) is 11.1 Å². The first kappa shape index (κ1) is 24.6. The van der Waals surface area contributed by atoms with Gasteiger partial charge >= 0.3 is 11.9 Å². The van der Waals surface area contributed by atoms with Gasteiger partial charge < -0.3 is 19.7 Å². The Hall–Kier alpha value is -2.62. The number of rotatable bonds is 6. The maximum atomic E-state index is 9.10. The summed E-state index contributed by atoms with van der Waals surface area (Å²) in [4.78, 5) is 23.2. The Labute approximate surface area is 190 Å². The molecular formula is C22H27BrN2O6. The topological polar surface area (TPSA) is 99.5 Å². The molecule has 0 atom stereocenters. The number of ether oxygens (including phenoxy) is 2. The van der Waals surface area contributed by atoms with E-state index in [2.05, 4.69) is 56.1 Å². The second-order valence-electron chi connectivity index (χ2n) is 6.98. The summed E-state index contributed by atoms with van der Waals surface area (Å²) < 4.78 is 11.6. The van der Waals surface area contributed by atoms with Crippen LogP contribution in [0, 0.1) is 0 Å². The summed E-state index contributed by atoms with van der Waals surface area (Å²) in [5, 5.41) is 14.8. The average molecular weight is 495 g/mol. The predicted octanol–water partition coefficient (Wildman–Crippen LogP) is 2.94. The summed E-state index contributed by atoms with van der Waals surface area (Å²) in [6.07, 6.45) is 0. The van der Waals surface area contributed by atoms with Crippen LogP contribution >= 0.6 is 15.9 Å². The van der Waals surface area contributed by atoms with Crippen molar-refractivity contribution in [1.82, 2.24) is 9.80 Å². The quantitative estimate of drug-likeness (QED) is 0.591. The first-order valence-corrected chi connectivity index (χ1v) is 10.5. The van der Waals surface area contributed by atoms with Crippen LogP contribution in [0.15, 0.2) is 46.9 Å². The number of methoxy groups -OCH3 is 2. The van der Waals surface area contributed by atoms with Gasteiger partial charge in [-0.2, -0.15) is 0 Å². The lowest BCUT2D eigenvalue weighted by molar-refractivity contribution is -0.159. The van der Waals surface area contributed by atoms with E-state index in [1.807, 2.05) is 12.1 Å². The monoisotopic (exact) mass is 494 g/mol. The molecule has 2 aromatic carbocycles. The summed E-state index contributed by atoms with van der Waals surface area (Å²) in [7, 11) is 3.41. The first-order valence-electron chi connectivity index (χ1n) is 9.68. The van der Waals surface area contributed by atoms with Gasteiger partial charge in [0, 0.05) is 39.3 Å². The Morgan fingerprint density at radius 2 is 1.42 bits per heavy atom. The third-order valence-corrected chi connectivity index (χ3v) is 5.43. The zero-order valence-electron chi connectivity index (χ0n) is 17.6. The van der Waals surface area contributed by atoms with Gasteiger partial charge in [-0.05, 0) is 51.3 Å². The lowest BCUT2D eigenvalue weighted by Gasteiger charge is -2.34. The minimum absolute atomic E-state index is 0.881. The molecule has 2 N–H and O–H groups in total. The van der Waals surface area contributed by atoms with Gasteiger partial charge in [0.2, 0.25) is 0 Å². The van der Waals surface area contributed by atoms with Crippen molar-refractivity contribution < 1.29 is 29.3 Å². The molecule has 1 aliphatic heterocycles. The first-order chi connectivity index (χ1) is 14.8. The molecule has 1 heterocycles. The second kappa shape index (κ2) is 12.3. The zero-order chi connectivity index (χ0) is 22.8. The van der Waals surface area contributed by atoms with Crippen molar-refractivity contribution in [2.45, 2.75) is 13.1 Å². The highest BCUT2D eigenvalue weighted by Gasteiger charge is 2.17. The van der Waals surface area contributed by atoms with Crippen molar-refractivity contribution >= 4 is 27.9 Å². The fraction of sp³-hybridized carbons (Fsp3) is 0.364. The molecule has 2 aromatic rings. The minimum atomic E-state index is -1.82. The van der Waals surface area contributed by atoms with Crippen molar-refractivity contribution in [3.63, 3.8) is 0 Å². The fourth-order valence-electron chi connectivity index (χ4n) is 3.20. The number of aliphatic carboxylic acids is 2. The molecule has 0 aromatic heterocycles. The Morgan fingerprint density at radius 3 is 1.87 bits per heavy atom. The van der Waals surface area contributed by atoms with Gasteiger partial charge in [0.15, 0.2) is 0 Å². The Morgan fingerprint density at radius 1 is 0.871 bits per heavy atom. The molecule has 0 spiro atoms. The normalized spacial score (nSPS) is 14.3. The molecular weight excluding hydrogens is 468 g/mol. The smallest absolute Gasteiger partial charge is 0.414 e. The summed E-state index contributed by atoms with van der Waals surface area (Å²) in [5.41, 5.74) is 2.63. The van der Waals surface area contributed by atoms with Gasteiger partial charge in [-0.25, -0.2) is 9.59 Å². The number of piperazine rings is 1. The Kier molecular flexibility index (Phi) is 9.77. The van der Waals surface area contributed by atoms with Crippen LogP contribution in [0.25, 0.3) is 0 Å². The molecule has 0 radical (unpaired) electrons. The van der Waals surface area contributed by atoms with Gasteiger partial charge in [0.25, 0.3) is 0 Å². The van der Waals surface area contributed by atoms with E-state index in [1.165, 1.54) is 11.1 Å². The van der Waals surface area contributed by atoms with Crippen LogP contribution in [0.3, 0.4) is 0 Å². The van der Waals surface area contributed by atoms with Gasteiger partial charge in [-0.1, -0.05) is 18.2 Å². The van der Waals surface area contributed by atoms with E-state index in [0.717, 1.165) is 55.2 Å². The van der Waals surface area contributed by atoms with E-state index in [0.29, 0.717) is 0 Å². The fourth-order valence-corrected chi connectivity index (χ4v) is 3.79. The van der Waals surface area contributed by atoms with Crippen LogP contribution in [-0.2, 0) is 22.7 Å². The van der Waals surface area contributed by atoms with E-state index in [9.17, 15) is 0 Å². The highest BCUT2D eigenvalue weighted by Crippen LogP contribution is 2.26. The highest BCUT2D eigenvalue weighted by molar-refractivity contribution is 9.10. The predicted molar refractivity (Wildman–Crippen MR) is 120 cm³/mol. The van der Waals surface area contributed by atoms with Crippen LogP contribution in [0.2, 0.25) is 0 Å². The van der Waals surface area contributed by atoms with Crippen molar-refractivity contribution in [3.8, 4) is 11.5 Å². The van der Waals surface area contributed by atoms with Gasteiger partial charge in [0.05, 0.1) is 18.7 Å². The highest BCUT2D eigenvalue weighted by atomic mass is 79.9. The number of hydrogen-bond acceptors (Lipinski definition) is 6. The molecule has 0 amide bonds. The largest absolute Gasteiger partial charge is 0.497 e. The number of benzene rings is 2. The van der Waals surface area contributed by atoms with Crippen LogP contribution in [0.4, 0.5) is 0 Å². The standard InChI is InChI=1S/C20H25BrN2O2.C2H2O4/c1-24-18-5-3-4-16(12-18)14-22-8-10-23(11-9-22)15-17-6-7-20(25-2)19(21)13-17;3-1(4)2(5)6/h3-7,12-13H,8-11,14-15H2,1-2H3;(H,3,4)(H,5,6). The van der Waals surface area contributed by atoms with Crippen LogP contribution in [0.5, 0.6) is 11.5 Å². The Balaban J connectivity index is 0.000000501. The molecule has 1 fully saturated rings. The number of halogens is 1. The minimum Gasteiger partial charge on any atom is -0.497 e. The molecule has 0 aliphatic carbocycles. The van der Waals surface area contributed by atoms with E-state index in [1.54, 1.807) is 14.2 Å². The number of hydrogen-bond donors (Lipinski definition) is 2. The van der Waals surface area contributed by atoms with E-state index in [-0.39, 0.29) is 0 Å². The summed E-state index contributed by atoms with van der Waals surface area (Å²) in [6.45, 7) is 6.33. The number of carbonyl (C=O) groups is 2. The molecule has 31 heavy (non-hydrogen) atoms. The molecule has 0 unspecified atom stereocenters. The number of nitrogens with zero attached hydrogens (tertiary/aromatic N) is 2. The molecule has 1 aliphatic rings. The Bertz CT molecular complexity index is 872. The molecule has 0 bridgehead atoms. The summed E-state index contributed by atoms with van der Waals surface area (Å²) in [6, 6.07) is 14.7. The van der Waals surface area contributed by atoms with Gasteiger partial charge in [-0.15, -0.1) is 0 Å². The number of carboxylic acid groups (broad SMARTS) is 2. The van der Waals surface area contributed by atoms with E-state index in [4.69, 9.17) is 29.3 Å². The second-order valence-corrected chi connectivity index (χ2v) is 7.84. The maximum Gasteiger partial charge on any atom is 0.414 e. The van der Waals surface area contributed by atoms with Crippen molar-refractivity contribution in [2.75, 3.05) is 40.4 Å². The molecule has 1 saturated heterocycles. The van der Waals surface area contributed by atoms with Crippen molar-refractivity contribution in [1.29, 1.82) is 0 Å². The third kappa shape index (κ3) is 8.20. The van der Waals surface area contributed by atoms with Crippen LogP contribution in [-0.4, -0.2) is 72.4 Å². The van der Waals surface area contributed by atoms with Gasteiger partial charge in [0.1, 0.15) is 11.5 Å². The molecule has 3 rings (SSSR count). The molecule has 9 heteroatoms. The van der Waals surface area contributed by atoms with Crippen molar-refractivity contribution in [3.05, 3.63) is 58.1 Å². The van der Waals surface area contributed by atoms with E-state index >= 15 is 0 Å². The molecule has 168 valence electrons. The SMILES string of the molecule is COc1cccc(CN2CCN(Cc3ccc(OC)c(Br)c3)CC2)c1.O=C(O)C(=O)O. The maximum absolute atomic E-state index is 9.10. The summed E-state index contributed by atoms with van der Waals surface area (Å²) >= 11 is 3.57. The average Bonchev–Trinajstić information content (AvgIpc) is 2.76. The number of carboxylic acids is 2. The lowest BCUT2D eigenvalue weighted by atomic mass is 10.1. The zero-order valence-corrected chi connectivity index (χ0v) is 19.2. The van der Waals surface area contributed by atoms with E-state index < -0.39 is 11.9 Å². The summed E-state index contributed by atoms with van der Waals surface area (Å²) in [5.74, 6) is -1.84. The lowest BCUT2D eigenvalue weighted by Crippen LogP contribution is -2.45.